The average molecular weight is 381 g/mol. The van der Waals surface area contributed by atoms with Crippen LogP contribution in [0.1, 0.15) is 41.3 Å². The summed E-state index contributed by atoms with van der Waals surface area (Å²) >= 11 is 5.94. The molecule has 5 nitrogen and oxygen atoms in total. The zero-order chi connectivity index (χ0) is 19.4. The van der Waals surface area contributed by atoms with Gasteiger partial charge in [-0.15, -0.1) is 0 Å². The van der Waals surface area contributed by atoms with Gasteiger partial charge in [0.05, 0.1) is 5.56 Å². The van der Waals surface area contributed by atoms with Gasteiger partial charge in [0.2, 0.25) is 5.95 Å². The van der Waals surface area contributed by atoms with Crippen molar-refractivity contribution in [1.82, 2.24) is 9.97 Å². The molecule has 3 aromatic rings. The average Bonchev–Trinajstić information content (AvgIpc) is 2.63. The molecule has 1 amide bonds. The van der Waals surface area contributed by atoms with Crippen molar-refractivity contribution < 1.29 is 4.79 Å². The molecule has 1 aromatic heterocycles. The van der Waals surface area contributed by atoms with Crippen molar-refractivity contribution in [3.63, 3.8) is 0 Å². The second kappa shape index (κ2) is 8.18. The zero-order valence-corrected chi connectivity index (χ0v) is 16.2. The number of anilines is 3. The number of hydrogen-bond acceptors (Lipinski definition) is 4. The van der Waals surface area contributed by atoms with Gasteiger partial charge in [0.15, 0.2) is 0 Å². The van der Waals surface area contributed by atoms with Gasteiger partial charge >= 0.3 is 0 Å². The summed E-state index contributed by atoms with van der Waals surface area (Å²) in [5, 5.41) is 6.61. The molecule has 27 heavy (non-hydrogen) atoms. The lowest BCUT2D eigenvalue weighted by Crippen LogP contribution is -2.13. The quantitative estimate of drug-likeness (QED) is 0.608. The third-order valence-electron chi connectivity index (χ3n) is 4.16. The molecule has 0 fully saturated rings. The molecule has 0 bridgehead atoms. The van der Waals surface area contributed by atoms with Crippen LogP contribution in [0.2, 0.25) is 5.02 Å². The van der Waals surface area contributed by atoms with E-state index in [2.05, 4.69) is 40.5 Å². The maximum Gasteiger partial charge on any atom is 0.258 e. The second-order valence-corrected chi connectivity index (χ2v) is 7.02. The number of carbonyl (C=O) groups is 1. The first-order valence-electron chi connectivity index (χ1n) is 8.69. The van der Waals surface area contributed by atoms with Crippen LogP contribution in [-0.2, 0) is 0 Å². The third-order valence-corrected chi connectivity index (χ3v) is 4.40. The van der Waals surface area contributed by atoms with Crippen LogP contribution < -0.4 is 10.6 Å². The summed E-state index contributed by atoms with van der Waals surface area (Å²) in [4.78, 5) is 20.9. The summed E-state index contributed by atoms with van der Waals surface area (Å²) in [6.45, 7) is 6.33. The molecule has 0 aliphatic carbocycles. The van der Waals surface area contributed by atoms with Gasteiger partial charge in [0.1, 0.15) is 0 Å². The number of aromatic nitrogens is 2. The first-order chi connectivity index (χ1) is 12.9. The number of nitrogens with zero attached hydrogens (tertiary/aromatic N) is 2. The number of amides is 1. The molecule has 3 rings (SSSR count). The van der Waals surface area contributed by atoms with E-state index in [0.717, 1.165) is 11.3 Å². The standard InChI is InChI=1S/C21H21ClN4O/c1-13(2)18-9-4-6-14(3)19(18)26-21-23-11-15(12-24-21)20(27)25-17-8-5-7-16(22)10-17/h4-13H,1-3H3,(H,25,27)(H,23,24,26). The number of benzene rings is 2. The van der Waals surface area contributed by atoms with E-state index in [-0.39, 0.29) is 5.91 Å². The zero-order valence-electron chi connectivity index (χ0n) is 15.5. The summed E-state index contributed by atoms with van der Waals surface area (Å²) in [6, 6.07) is 13.1. The van der Waals surface area contributed by atoms with E-state index >= 15 is 0 Å². The lowest BCUT2D eigenvalue weighted by atomic mass is 9.98. The molecule has 0 saturated carbocycles. The Morgan fingerprint density at radius 3 is 2.44 bits per heavy atom. The first kappa shape index (κ1) is 18.9. The summed E-state index contributed by atoms with van der Waals surface area (Å²) in [5.41, 5.74) is 4.31. The third kappa shape index (κ3) is 4.63. The van der Waals surface area contributed by atoms with Crippen LogP contribution >= 0.6 is 11.6 Å². The molecular formula is C21H21ClN4O. The lowest BCUT2D eigenvalue weighted by molar-refractivity contribution is 0.102. The molecule has 0 radical (unpaired) electrons. The van der Waals surface area contributed by atoms with E-state index in [4.69, 9.17) is 11.6 Å². The number of rotatable bonds is 5. The normalized spacial score (nSPS) is 10.7. The predicted molar refractivity (Wildman–Crippen MR) is 110 cm³/mol. The van der Waals surface area contributed by atoms with Crippen molar-refractivity contribution in [1.29, 1.82) is 0 Å². The maximum absolute atomic E-state index is 12.3. The molecule has 1 heterocycles. The molecule has 0 aliphatic heterocycles. The smallest absolute Gasteiger partial charge is 0.258 e. The Kier molecular flexibility index (Phi) is 5.72. The van der Waals surface area contributed by atoms with Crippen LogP contribution in [0.3, 0.4) is 0 Å². The van der Waals surface area contributed by atoms with E-state index in [1.54, 1.807) is 24.3 Å². The first-order valence-corrected chi connectivity index (χ1v) is 9.07. The second-order valence-electron chi connectivity index (χ2n) is 6.58. The van der Waals surface area contributed by atoms with Gasteiger partial charge in [-0.2, -0.15) is 0 Å². The van der Waals surface area contributed by atoms with Crippen LogP contribution in [0.15, 0.2) is 54.9 Å². The number of nitrogens with one attached hydrogen (secondary N) is 2. The summed E-state index contributed by atoms with van der Waals surface area (Å²) in [6.07, 6.45) is 3.01. The lowest BCUT2D eigenvalue weighted by Gasteiger charge is -2.16. The minimum Gasteiger partial charge on any atom is -0.324 e. The minimum atomic E-state index is -0.289. The van der Waals surface area contributed by atoms with Gasteiger partial charge in [-0.3, -0.25) is 4.79 Å². The number of para-hydroxylation sites is 1. The molecule has 0 aliphatic rings. The van der Waals surface area contributed by atoms with Crippen molar-refractivity contribution in [2.75, 3.05) is 10.6 Å². The highest BCUT2D eigenvalue weighted by Crippen LogP contribution is 2.29. The van der Waals surface area contributed by atoms with E-state index in [9.17, 15) is 4.79 Å². The van der Waals surface area contributed by atoms with Crippen molar-refractivity contribution in [3.05, 3.63) is 76.6 Å². The van der Waals surface area contributed by atoms with E-state index in [1.807, 2.05) is 19.1 Å². The fraction of sp³-hybridized carbons (Fsp3) is 0.190. The Morgan fingerprint density at radius 2 is 1.78 bits per heavy atom. The number of halogens is 1. The van der Waals surface area contributed by atoms with Gasteiger partial charge in [-0.25, -0.2) is 9.97 Å². The largest absolute Gasteiger partial charge is 0.324 e. The molecule has 0 unspecified atom stereocenters. The van der Waals surface area contributed by atoms with Gasteiger partial charge in [-0.05, 0) is 42.2 Å². The Hall–Kier alpha value is -2.92. The number of carbonyl (C=O) groups excluding carboxylic acids is 1. The molecule has 138 valence electrons. The summed E-state index contributed by atoms with van der Waals surface area (Å²) in [5.74, 6) is 0.531. The Balaban J connectivity index is 1.75. The summed E-state index contributed by atoms with van der Waals surface area (Å²) in [7, 11) is 0. The van der Waals surface area contributed by atoms with E-state index in [0.29, 0.717) is 28.1 Å². The monoisotopic (exact) mass is 380 g/mol. The number of aryl methyl sites for hydroxylation is 1. The Labute approximate surface area is 163 Å². The van der Waals surface area contributed by atoms with Gasteiger partial charge in [0, 0.05) is 28.8 Å². The molecule has 0 atom stereocenters. The van der Waals surface area contributed by atoms with Crippen LogP contribution in [0.5, 0.6) is 0 Å². The fourth-order valence-corrected chi connectivity index (χ4v) is 2.92. The molecule has 2 N–H and O–H groups in total. The maximum atomic E-state index is 12.3. The Morgan fingerprint density at radius 1 is 1.07 bits per heavy atom. The van der Waals surface area contributed by atoms with E-state index in [1.165, 1.54) is 18.0 Å². The highest BCUT2D eigenvalue weighted by atomic mass is 35.5. The number of hydrogen-bond donors (Lipinski definition) is 2. The van der Waals surface area contributed by atoms with E-state index < -0.39 is 0 Å². The summed E-state index contributed by atoms with van der Waals surface area (Å²) < 4.78 is 0. The SMILES string of the molecule is Cc1cccc(C(C)C)c1Nc1ncc(C(=O)Nc2cccc(Cl)c2)cn1. The topological polar surface area (TPSA) is 66.9 Å². The van der Waals surface area contributed by atoms with Gasteiger partial charge in [0.25, 0.3) is 5.91 Å². The van der Waals surface area contributed by atoms with Crippen molar-refractivity contribution in [2.45, 2.75) is 26.7 Å². The predicted octanol–water partition coefficient (Wildman–Crippen LogP) is 5.56. The highest BCUT2D eigenvalue weighted by Gasteiger charge is 2.12. The molecule has 2 aromatic carbocycles. The van der Waals surface area contributed by atoms with Crippen molar-refractivity contribution >= 4 is 34.8 Å². The van der Waals surface area contributed by atoms with Gasteiger partial charge in [-0.1, -0.05) is 49.7 Å². The molecule has 0 saturated heterocycles. The minimum absolute atomic E-state index is 0.289. The van der Waals surface area contributed by atoms with Crippen LogP contribution in [0, 0.1) is 6.92 Å². The van der Waals surface area contributed by atoms with Crippen LogP contribution in [0.4, 0.5) is 17.3 Å². The molecular weight excluding hydrogens is 360 g/mol. The van der Waals surface area contributed by atoms with Crippen LogP contribution in [0.25, 0.3) is 0 Å². The van der Waals surface area contributed by atoms with Crippen LogP contribution in [-0.4, -0.2) is 15.9 Å². The Bertz CT molecular complexity index is 955. The highest BCUT2D eigenvalue weighted by molar-refractivity contribution is 6.30. The molecule has 0 spiro atoms. The fourth-order valence-electron chi connectivity index (χ4n) is 2.73. The molecule has 6 heteroatoms. The van der Waals surface area contributed by atoms with Gasteiger partial charge < -0.3 is 10.6 Å². The van der Waals surface area contributed by atoms with Crippen molar-refractivity contribution in [3.8, 4) is 0 Å². The van der Waals surface area contributed by atoms with Crippen molar-refractivity contribution in [2.24, 2.45) is 0 Å².